The molecule has 0 unspecified atom stereocenters. The molecule has 2 N–H and O–H groups in total. The Balaban J connectivity index is 1.39. The van der Waals surface area contributed by atoms with Gasteiger partial charge in [-0.05, 0) is 43.9 Å². The van der Waals surface area contributed by atoms with Crippen LogP contribution in [0.15, 0.2) is 53.6 Å². The molecule has 0 atom stereocenters. The zero-order chi connectivity index (χ0) is 21.9. The average molecular weight is 431 g/mol. The summed E-state index contributed by atoms with van der Waals surface area (Å²) in [6.45, 7) is 4.95. The molecule has 0 aliphatic heterocycles. The molecule has 1 saturated carbocycles. The molecule has 0 amide bonds. The van der Waals surface area contributed by atoms with E-state index in [1.54, 1.807) is 12.5 Å². The van der Waals surface area contributed by atoms with Gasteiger partial charge in [-0.25, -0.2) is 4.98 Å². The zero-order valence-corrected chi connectivity index (χ0v) is 18.7. The number of nitrogens with one attached hydrogen (secondary N) is 2. The van der Waals surface area contributed by atoms with Crippen LogP contribution in [0.3, 0.4) is 0 Å². The van der Waals surface area contributed by atoms with Gasteiger partial charge in [0.25, 0.3) is 0 Å². The molecule has 3 aromatic heterocycles. The van der Waals surface area contributed by atoms with Gasteiger partial charge in [0, 0.05) is 24.2 Å². The van der Waals surface area contributed by atoms with E-state index >= 15 is 0 Å². The smallest absolute Gasteiger partial charge is 0.227 e. The largest absolute Gasteiger partial charge is 0.472 e. The molecule has 7 nitrogen and oxygen atoms in total. The normalized spacial score (nSPS) is 14.8. The highest BCUT2D eigenvalue weighted by atomic mass is 16.3. The minimum absolute atomic E-state index is 0.278. The number of benzene rings is 1. The predicted molar refractivity (Wildman–Crippen MR) is 128 cm³/mol. The third-order valence-electron chi connectivity index (χ3n) is 6.18. The van der Waals surface area contributed by atoms with Crippen LogP contribution in [0.25, 0.3) is 22.3 Å². The highest BCUT2D eigenvalue weighted by molar-refractivity contribution is 5.84. The molecule has 3 heterocycles. The number of anilines is 2. The summed E-state index contributed by atoms with van der Waals surface area (Å²) in [5.74, 6) is 1.45. The summed E-state index contributed by atoms with van der Waals surface area (Å²) in [5.41, 5.74) is 5.07. The van der Waals surface area contributed by atoms with Crippen molar-refractivity contribution in [3.05, 3.63) is 54.7 Å². The van der Waals surface area contributed by atoms with E-state index in [-0.39, 0.29) is 6.04 Å². The Labute approximate surface area is 188 Å². The first kappa shape index (κ1) is 20.5. The molecule has 1 aromatic carbocycles. The molecule has 5 rings (SSSR count). The summed E-state index contributed by atoms with van der Waals surface area (Å²) in [6, 6.07) is 11.2. The maximum atomic E-state index is 5.19. The fourth-order valence-electron chi connectivity index (χ4n) is 4.34. The number of imidazole rings is 1. The second kappa shape index (κ2) is 9.02. The Bertz CT molecular complexity index is 1160. The first-order chi connectivity index (χ1) is 15.7. The van der Waals surface area contributed by atoms with Crippen molar-refractivity contribution in [3.63, 3.8) is 0 Å². The fourth-order valence-corrected chi connectivity index (χ4v) is 4.34. The number of rotatable bonds is 7. The van der Waals surface area contributed by atoms with E-state index in [0.29, 0.717) is 18.5 Å². The van der Waals surface area contributed by atoms with E-state index in [1.165, 1.54) is 37.7 Å². The number of hydrogen-bond donors (Lipinski definition) is 2. The lowest BCUT2D eigenvalue weighted by Crippen LogP contribution is -2.24. The van der Waals surface area contributed by atoms with Gasteiger partial charge in [0.2, 0.25) is 5.95 Å². The molecular weight excluding hydrogens is 400 g/mol. The summed E-state index contributed by atoms with van der Waals surface area (Å²) < 4.78 is 7.29. The number of aromatic nitrogens is 4. The van der Waals surface area contributed by atoms with Gasteiger partial charge in [-0.2, -0.15) is 9.97 Å². The standard InChI is InChI=1S/C25H30N6O/c1-17(2)31-16-27-22-23(29-25(30-24(22)31)28-21-6-4-3-5-7-21)26-14-18-8-10-19(11-9-18)20-12-13-32-15-20/h8-13,15-17,21H,3-7,14H2,1-2H3,(H2,26,28,29,30). The molecule has 1 aliphatic rings. The molecule has 0 bridgehead atoms. The molecule has 4 aromatic rings. The lowest BCUT2D eigenvalue weighted by molar-refractivity contribution is 0.461. The van der Waals surface area contributed by atoms with E-state index in [2.05, 4.69) is 58.3 Å². The Morgan fingerprint density at radius 1 is 1.03 bits per heavy atom. The first-order valence-electron chi connectivity index (χ1n) is 11.5. The molecule has 166 valence electrons. The van der Waals surface area contributed by atoms with Gasteiger partial charge in [0.15, 0.2) is 17.0 Å². The summed E-state index contributed by atoms with van der Waals surface area (Å²) in [6.07, 6.45) is 11.5. The van der Waals surface area contributed by atoms with Crippen LogP contribution in [-0.2, 0) is 6.54 Å². The highest BCUT2D eigenvalue weighted by Crippen LogP contribution is 2.26. The number of nitrogens with zero attached hydrogens (tertiary/aromatic N) is 4. The van der Waals surface area contributed by atoms with E-state index in [0.717, 1.165) is 28.1 Å². The minimum Gasteiger partial charge on any atom is -0.472 e. The first-order valence-corrected chi connectivity index (χ1v) is 11.5. The molecule has 0 saturated heterocycles. The van der Waals surface area contributed by atoms with Crippen molar-refractivity contribution in [1.82, 2.24) is 19.5 Å². The quantitative estimate of drug-likeness (QED) is 0.373. The van der Waals surface area contributed by atoms with Crippen LogP contribution >= 0.6 is 0 Å². The van der Waals surface area contributed by atoms with Gasteiger partial charge in [-0.1, -0.05) is 43.5 Å². The number of furan rings is 1. The van der Waals surface area contributed by atoms with Crippen molar-refractivity contribution < 1.29 is 4.42 Å². The molecule has 0 radical (unpaired) electrons. The number of hydrogen-bond acceptors (Lipinski definition) is 6. The Morgan fingerprint density at radius 2 is 1.84 bits per heavy atom. The van der Waals surface area contributed by atoms with Crippen LogP contribution in [0, 0.1) is 0 Å². The van der Waals surface area contributed by atoms with Crippen LogP contribution in [0.4, 0.5) is 11.8 Å². The summed E-state index contributed by atoms with van der Waals surface area (Å²) in [4.78, 5) is 14.3. The molecule has 0 spiro atoms. The van der Waals surface area contributed by atoms with Gasteiger partial charge in [-0.15, -0.1) is 0 Å². The summed E-state index contributed by atoms with van der Waals surface area (Å²) in [5, 5.41) is 7.08. The van der Waals surface area contributed by atoms with E-state index in [1.807, 2.05) is 12.4 Å². The molecular formula is C25H30N6O. The topological polar surface area (TPSA) is 80.8 Å². The highest BCUT2D eigenvalue weighted by Gasteiger charge is 2.18. The fraction of sp³-hybridized carbons (Fsp3) is 0.400. The van der Waals surface area contributed by atoms with Crippen LogP contribution in [0.2, 0.25) is 0 Å². The van der Waals surface area contributed by atoms with Gasteiger partial charge >= 0.3 is 0 Å². The summed E-state index contributed by atoms with van der Waals surface area (Å²) in [7, 11) is 0. The molecule has 32 heavy (non-hydrogen) atoms. The molecule has 7 heteroatoms. The van der Waals surface area contributed by atoms with Crippen molar-refractivity contribution in [2.45, 2.75) is 64.6 Å². The van der Waals surface area contributed by atoms with Crippen molar-refractivity contribution in [2.75, 3.05) is 10.6 Å². The van der Waals surface area contributed by atoms with Crippen molar-refractivity contribution in [1.29, 1.82) is 0 Å². The lowest BCUT2D eigenvalue weighted by atomic mass is 9.96. The molecule has 1 aliphatic carbocycles. The number of fused-ring (bicyclic) bond motifs is 1. The summed E-state index contributed by atoms with van der Waals surface area (Å²) >= 11 is 0. The van der Waals surface area contributed by atoms with E-state index in [9.17, 15) is 0 Å². The van der Waals surface area contributed by atoms with Gasteiger partial charge in [0.1, 0.15) is 0 Å². The second-order valence-electron chi connectivity index (χ2n) is 8.86. The third-order valence-corrected chi connectivity index (χ3v) is 6.18. The van der Waals surface area contributed by atoms with Gasteiger partial charge < -0.3 is 19.6 Å². The zero-order valence-electron chi connectivity index (χ0n) is 18.7. The predicted octanol–water partition coefficient (Wildman–Crippen LogP) is 6.02. The van der Waals surface area contributed by atoms with E-state index in [4.69, 9.17) is 14.4 Å². The van der Waals surface area contributed by atoms with Crippen LogP contribution in [0.5, 0.6) is 0 Å². The SMILES string of the molecule is CC(C)n1cnc2c(NCc3ccc(-c4ccoc4)cc3)nc(NC3CCCCC3)nc21. The second-order valence-corrected chi connectivity index (χ2v) is 8.86. The van der Waals surface area contributed by atoms with Gasteiger partial charge in [0.05, 0.1) is 18.9 Å². The third kappa shape index (κ3) is 4.33. The maximum Gasteiger partial charge on any atom is 0.227 e. The Hall–Kier alpha value is -3.35. The van der Waals surface area contributed by atoms with Crippen LogP contribution in [-0.4, -0.2) is 25.6 Å². The minimum atomic E-state index is 0.278. The van der Waals surface area contributed by atoms with Crippen molar-refractivity contribution >= 4 is 22.9 Å². The van der Waals surface area contributed by atoms with Crippen LogP contribution in [0.1, 0.15) is 57.6 Å². The monoisotopic (exact) mass is 430 g/mol. The Kier molecular flexibility index (Phi) is 5.79. The molecule has 1 fully saturated rings. The van der Waals surface area contributed by atoms with Crippen molar-refractivity contribution in [3.8, 4) is 11.1 Å². The lowest BCUT2D eigenvalue weighted by Gasteiger charge is -2.23. The average Bonchev–Trinajstić information content (AvgIpc) is 3.49. The van der Waals surface area contributed by atoms with E-state index < -0.39 is 0 Å². The van der Waals surface area contributed by atoms with Crippen molar-refractivity contribution in [2.24, 2.45) is 0 Å². The van der Waals surface area contributed by atoms with Crippen LogP contribution < -0.4 is 10.6 Å². The van der Waals surface area contributed by atoms with Gasteiger partial charge in [-0.3, -0.25) is 0 Å². The Morgan fingerprint density at radius 3 is 2.56 bits per heavy atom. The maximum absolute atomic E-state index is 5.19.